The lowest BCUT2D eigenvalue weighted by Crippen LogP contribution is -2.29. The molecule has 0 saturated heterocycles. The molecule has 0 saturated carbocycles. The molecular weight excluding hydrogens is 350 g/mol. The second kappa shape index (κ2) is 9.60. The molecule has 28 heavy (non-hydrogen) atoms. The third kappa shape index (κ3) is 5.13. The third-order valence-corrected chi connectivity index (χ3v) is 4.66. The number of ether oxygens (including phenoxy) is 2. The standard InChI is InChI=1S/C24H25NO3/c1-27-21-14-12-20(13-15-21)24(19-8-4-3-5-9-19)25-23(26)16-11-18-7-6-10-22(17-18)28-2/h3-10,12-15,17,24H,11,16H2,1-2H3,(H,25,26). The Labute approximate surface area is 166 Å². The molecule has 0 aliphatic heterocycles. The van der Waals surface area contributed by atoms with E-state index in [0.717, 1.165) is 28.2 Å². The minimum absolute atomic E-state index is 0.00694. The fourth-order valence-electron chi connectivity index (χ4n) is 3.12. The lowest BCUT2D eigenvalue weighted by atomic mass is 9.98. The average Bonchev–Trinajstić information content (AvgIpc) is 2.77. The number of methoxy groups -OCH3 is 2. The van der Waals surface area contributed by atoms with Crippen molar-refractivity contribution in [2.45, 2.75) is 18.9 Å². The van der Waals surface area contributed by atoms with Gasteiger partial charge in [-0.25, -0.2) is 0 Å². The van der Waals surface area contributed by atoms with Crippen LogP contribution in [0.25, 0.3) is 0 Å². The molecule has 3 aromatic rings. The summed E-state index contributed by atoms with van der Waals surface area (Å²) in [5.41, 5.74) is 3.14. The molecular formula is C24H25NO3. The van der Waals surface area contributed by atoms with Crippen molar-refractivity contribution in [2.24, 2.45) is 0 Å². The first-order valence-corrected chi connectivity index (χ1v) is 9.31. The summed E-state index contributed by atoms with van der Waals surface area (Å²) in [6.07, 6.45) is 1.07. The SMILES string of the molecule is COc1ccc(C(NC(=O)CCc2cccc(OC)c2)c2ccccc2)cc1. The van der Waals surface area contributed by atoms with Crippen molar-refractivity contribution in [1.82, 2.24) is 5.32 Å². The van der Waals surface area contributed by atoms with Crippen LogP contribution < -0.4 is 14.8 Å². The first kappa shape index (κ1) is 19.5. The largest absolute Gasteiger partial charge is 0.497 e. The van der Waals surface area contributed by atoms with Gasteiger partial charge >= 0.3 is 0 Å². The Bertz CT molecular complexity index is 891. The topological polar surface area (TPSA) is 47.6 Å². The van der Waals surface area contributed by atoms with Gasteiger partial charge in [0.05, 0.1) is 20.3 Å². The number of hydrogen-bond donors (Lipinski definition) is 1. The maximum absolute atomic E-state index is 12.7. The molecule has 3 aromatic carbocycles. The molecule has 1 atom stereocenters. The monoisotopic (exact) mass is 375 g/mol. The van der Waals surface area contributed by atoms with Crippen LogP contribution in [-0.4, -0.2) is 20.1 Å². The summed E-state index contributed by atoms with van der Waals surface area (Å²) in [6, 6.07) is 25.4. The van der Waals surface area contributed by atoms with Gasteiger partial charge in [0.25, 0.3) is 0 Å². The zero-order chi connectivity index (χ0) is 19.8. The van der Waals surface area contributed by atoms with Crippen molar-refractivity contribution in [2.75, 3.05) is 14.2 Å². The smallest absolute Gasteiger partial charge is 0.221 e. The summed E-state index contributed by atoms with van der Waals surface area (Å²) in [7, 11) is 3.29. The number of rotatable bonds is 8. The van der Waals surface area contributed by atoms with Crippen LogP contribution in [0.5, 0.6) is 11.5 Å². The molecule has 144 valence electrons. The van der Waals surface area contributed by atoms with Crippen molar-refractivity contribution in [1.29, 1.82) is 0 Å². The number of benzene rings is 3. The molecule has 1 amide bonds. The van der Waals surface area contributed by atoms with Gasteiger partial charge in [0.2, 0.25) is 5.91 Å². The molecule has 1 unspecified atom stereocenters. The Morgan fingerprint density at radius 1 is 0.821 bits per heavy atom. The first-order chi connectivity index (χ1) is 13.7. The van der Waals surface area contributed by atoms with Gasteiger partial charge < -0.3 is 14.8 Å². The normalized spacial score (nSPS) is 11.5. The number of amides is 1. The van der Waals surface area contributed by atoms with E-state index < -0.39 is 0 Å². The molecule has 1 N–H and O–H groups in total. The Morgan fingerprint density at radius 2 is 1.50 bits per heavy atom. The second-order valence-electron chi connectivity index (χ2n) is 6.54. The highest BCUT2D eigenvalue weighted by Crippen LogP contribution is 2.24. The molecule has 4 nitrogen and oxygen atoms in total. The fraction of sp³-hybridized carbons (Fsp3) is 0.208. The third-order valence-electron chi connectivity index (χ3n) is 4.66. The van der Waals surface area contributed by atoms with Crippen molar-refractivity contribution >= 4 is 5.91 Å². The van der Waals surface area contributed by atoms with Crippen LogP contribution in [0, 0.1) is 0 Å². The molecule has 0 spiro atoms. The maximum atomic E-state index is 12.7. The number of aryl methyl sites for hydroxylation is 1. The molecule has 0 heterocycles. The number of carbonyl (C=O) groups is 1. The molecule has 0 bridgehead atoms. The zero-order valence-corrected chi connectivity index (χ0v) is 16.2. The zero-order valence-electron chi connectivity index (χ0n) is 16.2. The van der Waals surface area contributed by atoms with Gasteiger partial charge in [-0.15, -0.1) is 0 Å². The summed E-state index contributed by atoms with van der Waals surface area (Å²) >= 11 is 0. The molecule has 0 fully saturated rings. The van der Waals surface area contributed by atoms with Gasteiger partial charge in [-0.2, -0.15) is 0 Å². The van der Waals surface area contributed by atoms with Gasteiger partial charge in [-0.3, -0.25) is 4.79 Å². The van der Waals surface area contributed by atoms with Crippen molar-refractivity contribution in [3.8, 4) is 11.5 Å². The van der Waals surface area contributed by atoms with E-state index in [-0.39, 0.29) is 11.9 Å². The number of nitrogens with one attached hydrogen (secondary N) is 1. The minimum Gasteiger partial charge on any atom is -0.497 e. The Hall–Kier alpha value is -3.27. The number of hydrogen-bond acceptors (Lipinski definition) is 3. The summed E-state index contributed by atoms with van der Waals surface area (Å²) in [6.45, 7) is 0. The van der Waals surface area contributed by atoms with E-state index in [0.29, 0.717) is 12.8 Å². The number of carbonyl (C=O) groups excluding carboxylic acids is 1. The summed E-state index contributed by atoms with van der Waals surface area (Å²) in [5, 5.41) is 3.17. The quantitative estimate of drug-likeness (QED) is 0.629. The summed E-state index contributed by atoms with van der Waals surface area (Å²) in [5.74, 6) is 1.60. The van der Waals surface area contributed by atoms with Gasteiger partial charge in [-0.05, 0) is 47.4 Å². The van der Waals surface area contributed by atoms with Crippen molar-refractivity contribution in [3.63, 3.8) is 0 Å². The van der Waals surface area contributed by atoms with Crippen LogP contribution in [0.15, 0.2) is 78.9 Å². The van der Waals surface area contributed by atoms with Crippen molar-refractivity contribution < 1.29 is 14.3 Å². The molecule has 0 aliphatic carbocycles. The lowest BCUT2D eigenvalue weighted by molar-refractivity contribution is -0.121. The van der Waals surface area contributed by atoms with Gasteiger partial charge in [0.15, 0.2) is 0 Å². The van der Waals surface area contributed by atoms with Crippen LogP contribution in [0.2, 0.25) is 0 Å². The van der Waals surface area contributed by atoms with Crippen LogP contribution in [0.1, 0.15) is 29.2 Å². The molecule has 3 rings (SSSR count). The summed E-state index contributed by atoms with van der Waals surface area (Å²) in [4.78, 5) is 12.7. The molecule has 0 radical (unpaired) electrons. The minimum atomic E-state index is -0.204. The van der Waals surface area contributed by atoms with E-state index in [1.54, 1.807) is 14.2 Å². The van der Waals surface area contributed by atoms with Gasteiger partial charge in [-0.1, -0.05) is 54.6 Å². The second-order valence-corrected chi connectivity index (χ2v) is 6.54. The Morgan fingerprint density at radius 3 is 2.18 bits per heavy atom. The van der Waals surface area contributed by atoms with E-state index in [1.165, 1.54) is 0 Å². The van der Waals surface area contributed by atoms with Crippen LogP contribution in [0.3, 0.4) is 0 Å². The molecule has 0 aromatic heterocycles. The van der Waals surface area contributed by atoms with Crippen LogP contribution in [-0.2, 0) is 11.2 Å². The van der Waals surface area contributed by atoms with Gasteiger partial charge in [0, 0.05) is 6.42 Å². The van der Waals surface area contributed by atoms with E-state index in [2.05, 4.69) is 5.32 Å². The van der Waals surface area contributed by atoms with E-state index >= 15 is 0 Å². The Balaban J connectivity index is 1.72. The highest BCUT2D eigenvalue weighted by Gasteiger charge is 2.17. The van der Waals surface area contributed by atoms with Crippen molar-refractivity contribution in [3.05, 3.63) is 95.6 Å². The van der Waals surface area contributed by atoms with E-state index in [1.807, 2.05) is 78.9 Å². The average molecular weight is 375 g/mol. The van der Waals surface area contributed by atoms with Gasteiger partial charge in [0.1, 0.15) is 11.5 Å². The highest BCUT2D eigenvalue weighted by molar-refractivity contribution is 5.77. The maximum Gasteiger partial charge on any atom is 0.221 e. The van der Waals surface area contributed by atoms with E-state index in [4.69, 9.17) is 9.47 Å². The highest BCUT2D eigenvalue weighted by atomic mass is 16.5. The lowest BCUT2D eigenvalue weighted by Gasteiger charge is -2.20. The summed E-state index contributed by atoms with van der Waals surface area (Å²) < 4.78 is 10.5. The Kier molecular flexibility index (Phi) is 6.68. The molecule has 0 aliphatic rings. The fourth-order valence-corrected chi connectivity index (χ4v) is 3.12. The molecule has 4 heteroatoms. The van der Waals surface area contributed by atoms with Crippen LogP contribution >= 0.6 is 0 Å². The van der Waals surface area contributed by atoms with Crippen LogP contribution in [0.4, 0.5) is 0 Å². The predicted molar refractivity (Wildman–Crippen MR) is 111 cm³/mol. The van der Waals surface area contributed by atoms with E-state index in [9.17, 15) is 4.79 Å². The first-order valence-electron chi connectivity index (χ1n) is 9.31. The predicted octanol–water partition coefficient (Wildman–Crippen LogP) is 4.54.